The van der Waals surface area contributed by atoms with Crippen LogP contribution in [0.4, 0.5) is 0 Å². The molecule has 1 aromatic heterocycles. The molecule has 1 saturated heterocycles. The van der Waals surface area contributed by atoms with Crippen LogP contribution < -0.4 is 0 Å². The maximum Gasteiger partial charge on any atom is 0.241 e. The lowest BCUT2D eigenvalue weighted by Gasteiger charge is -2.30. The zero-order valence-corrected chi connectivity index (χ0v) is 14.1. The predicted octanol–water partition coefficient (Wildman–Crippen LogP) is 1.37. The van der Waals surface area contributed by atoms with Crippen molar-refractivity contribution in [1.29, 1.82) is 0 Å². The van der Waals surface area contributed by atoms with E-state index >= 15 is 0 Å². The molecule has 124 valence electrons. The second-order valence-corrected chi connectivity index (χ2v) is 8.38. The van der Waals surface area contributed by atoms with Crippen molar-refractivity contribution in [3.8, 4) is 0 Å². The number of amides is 1. The molecule has 2 heterocycles. The number of carbonyl (C=O) groups is 1. The Bertz CT molecular complexity index is 624. The third kappa shape index (κ3) is 4.53. The molecule has 2 rings (SSSR count). The molecule has 0 saturated carbocycles. The Morgan fingerprint density at radius 1 is 1.45 bits per heavy atom. The van der Waals surface area contributed by atoms with E-state index in [9.17, 15) is 13.2 Å². The minimum absolute atomic E-state index is 0.0449. The molecule has 0 radical (unpaired) electrons. The molecular formula is C14H23N3O4S. The van der Waals surface area contributed by atoms with Crippen LogP contribution in [0.15, 0.2) is 4.52 Å². The van der Waals surface area contributed by atoms with Crippen molar-refractivity contribution in [2.24, 2.45) is 5.92 Å². The summed E-state index contributed by atoms with van der Waals surface area (Å²) in [5.74, 6) is -0.220. The number of rotatable bonds is 5. The second kappa shape index (κ2) is 6.76. The minimum atomic E-state index is -3.60. The number of aromatic nitrogens is 2. The normalized spacial score (nSPS) is 19.6. The standard InChI is InChI=1S/C14H23N3O4S/c1-10(2)14-15-12(21-16-14)8-22(19,20)9-13(18)17-6-4-5-11(3)7-17/h10-11H,4-9H2,1-3H3/t11-/m1/s1. The molecule has 1 aliphatic heterocycles. The van der Waals surface area contributed by atoms with Gasteiger partial charge in [0.2, 0.25) is 11.8 Å². The molecule has 22 heavy (non-hydrogen) atoms. The Hall–Kier alpha value is -1.44. The van der Waals surface area contributed by atoms with Crippen LogP contribution in [-0.4, -0.2) is 48.2 Å². The van der Waals surface area contributed by atoms with Crippen molar-refractivity contribution in [1.82, 2.24) is 15.0 Å². The molecule has 1 atom stereocenters. The molecule has 0 aromatic carbocycles. The van der Waals surface area contributed by atoms with Gasteiger partial charge in [0.15, 0.2) is 15.7 Å². The second-order valence-electron chi connectivity index (χ2n) is 6.32. The van der Waals surface area contributed by atoms with E-state index in [2.05, 4.69) is 17.1 Å². The number of piperidine rings is 1. The van der Waals surface area contributed by atoms with E-state index in [1.165, 1.54) is 0 Å². The summed E-state index contributed by atoms with van der Waals surface area (Å²) in [6.45, 7) is 7.12. The summed E-state index contributed by atoms with van der Waals surface area (Å²) in [6.07, 6.45) is 2.00. The van der Waals surface area contributed by atoms with Gasteiger partial charge in [0.1, 0.15) is 11.5 Å². The molecule has 1 amide bonds. The van der Waals surface area contributed by atoms with Gasteiger partial charge in [-0.15, -0.1) is 0 Å². The average molecular weight is 329 g/mol. The Morgan fingerprint density at radius 2 is 2.18 bits per heavy atom. The lowest BCUT2D eigenvalue weighted by Crippen LogP contribution is -2.42. The number of nitrogens with zero attached hydrogens (tertiary/aromatic N) is 3. The van der Waals surface area contributed by atoms with E-state index in [4.69, 9.17) is 4.52 Å². The summed E-state index contributed by atoms with van der Waals surface area (Å²) in [6, 6.07) is 0. The quantitative estimate of drug-likeness (QED) is 0.810. The topological polar surface area (TPSA) is 93.4 Å². The van der Waals surface area contributed by atoms with Gasteiger partial charge in [-0.05, 0) is 18.8 Å². The van der Waals surface area contributed by atoms with Crippen molar-refractivity contribution >= 4 is 15.7 Å². The lowest BCUT2D eigenvalue weighted by molar-refractivity contribution is -0.130. The summed E-state index contributed by atoms with van der Waals surface area (Å²) in [5, 5.41) is 3.73. The van der Waals surface area contributed by atoms with E-state index in [1.54, 1.807) is 4.90 Å². The maximum atomic E-state index is 12.1. The fraction of sp³-hybridized carbons (Fsp3) is 0.786. The van der Waals surface area contributed by atoms with Gasteiger partial charge in [0.05, 0.1) is 0 Å². The smallest absolute Gasteiger partial charge is 0.241 e. The highest BCUT2D eigenvalue weighted by Gasteiger charge is 2.27. The summed E-state index contributed by atoms with van der Waals surface area (Å²) in [5.41, 5.74) is 0. The van der Waals surface area contributed by atoms with E-state index in [1.807, 2.05) is 13.8 Å². The maximum absolute atomic E-state index is 12.1. The molecule has 0 unspecified atom stereocenters. The fourth-order valence-corrected chi connectivity index (χ4v) is 3.65. The van der Waals surface area contributed by atoms with E-state index in [-0.39, 0.29) is 23.5 Å². The van der Waals surface area contributed by atoms with Crippen molar-refractivity contribution in [2.75, 3.05) is 18.8 Å². The van der Waals surface area contributed by atoms with Crippen molar-refractivity contribution in [3.63, 3.8) is 0 Å². The largest absolute Gasteiger partial charge is 0.342 e. The first-order valence-corrected chi connectivity index (χ1v) is 9.39. The first-order valence-electron chi connectivity index (χ1n) is 7.57. The predicted molar refractivity (Wildman–Crippen MR) is 80.9 cm³/mol. The van der Waals surface area contributed by atoms with Crippen LogP contribution in [-0.2, 0) is 20.4 Å². The summed E-state index contributed by atoms with van der Waals surface area (Å²) in [4.78, 5) is 17.8. The van der Waals surface area contributed by atoms with Crippen LogP contribution in [0.1, 0.15) is 51.2 Å². The van der Waals surface area contributed by atoms with E-state index < -0.39 is 15.6 Å². The van der Waals surface area contributed by atoms with Gasteiger partial charge in [-0.1, -0.05) is 25.9 Å². The third-order valence-electron chi connectivity index (χ3n) is 3.70. The van der Waals surface area contributed by atoms with E-state index in [0.29, 0.717) is 24.8 Å². The average Bonchev–Trinajstić information content (AvgIpc) is 2.86. The van der Waals surface area contributed by atoms with Crippen molar-refractivity contribution in [2.45, 2.75) is 45.3 Å². The molecule has 0 bridgehead atoms. The van der Waals surface area contributed by atoms with E-state index in [0.717, 1.165) is 12.8 Å². The Labute approximate surface area is 131 Å². The van der Waals surface area contributed by atoms with Crippen LogP contribution in [0.25, 0.3) is 0 Å². The van der Waals surface area contributed by atoms with Crippen LogP contribution in [0.3, 0.4) is 0 Å². The number of hydrogen-bond donors (Lipinski definition) is 0. The monoisotopic (exact) mass is 329 g/mol. The highest BCUT2D eigenvalue weighted by molar-refractivity contribution is 7.91. The molecule has 7 nitrogen and oxygen atoms in total. The molecule has 8 heteroatoms. The van der Waals surface area contributed by atoms with Gasteiger partial charge in [-0.25, -0.2) is 8.42 Å². The van der Waals surface area contributed by atoms with Gasteiger partial charge in [-0.3, -0.25) is 4.79 Å². The van der Waals surface area contributed by atoms with Crippen LogP contribution >= 0.6 is 0 Å². The number of sulfone groups is 1. The van der Waals surface area contributed by atoms with Crippen LogP contribution in [0, 0.1) is 5.92 Å². The first kappa shape index (κ1) is 16.9. The molecule has 1 aliphatic rings. The zero-order chi connectivity index (χ0) is 16.3. The Balaban J connectivity index is 1.96. The zero-order valence-electron chi connectivity index (χ0n) is 13.3. The number of likely N-dealkylation sites (tertiary alicyclic amines) is 1. The third-order valence-corrected chi connectivity index (χ3v) is 5.07. The molecule has 0 aliphatic carbocycles. The van der Waals surface area contributed by atoms with Crippen LogP contribution in [0.2, 0.25) is 0 Å². The van der Waals surface area contributed by atoms with Crippen molar-refractivity contribution < 1.29 is 17.7 Å². The van der Waals surface area contributed by atoms with Gasteiger partial charge in [0.25, 0.3) is 0 Å². The summed E-state index contributed by atoms with van der Waals surface area (Å²) in [7, 11) is -3.60. The molecule has 1 aromatic rings. The van der Waals surface area contributed by atoms with Gasteiger partial charge in [0, 0.05) is 19.0 Å². The van der Waals surface area contributed by atoms with Crippen molar-refractivity contribution in [3.05, 3.63) is 11.7 Å². The molecule has 0 N–H and O–H groups in total. The Morgan fingerprint density at radius 3 is 2.77 bits per heavy atom. The van der Waals surface area contributed by atoms with Gasteiger partial charge >= 0.3 is 0 Å². The highest BCUT2D eigenvalue weighted by atomic mass is 32.2. The summed E-state index contributed by atoms with van der Waals surface area (Å²) < 4.78 is 29.2. The van der Waals surface area contributed by atoms with Gasteiger partial charge in [-0.2, -0.15) is 4.98 Å². The van der Waals surface area contributed by atoms with Gasteiger partial charge < -0.3 is 9.42 Å². The summed E-state index contributed by atoms with van der Waals surface area (Å²) >= 11 is 0. The Kier molecular flexibility index (Phi) is 5.20. The number of hydrogen-bond acceptors (Lipinski definition) is 6. The highest BCUT2D eigenvalue weighted by Crippen LogP contribution is 2.17. The SMILES string of the molecule is CC(C)c1noc(CS(=O)(=O)CC(=O)N2CCC[C@@H](C)C2)n1. The molecule has 0 spiro atoms. The lowest BCUT2D eigenvalue weighted by atomic mass is 10.0. The molecular weight excluding hydrogens is 306 g/mol. The first-order chi connectivity index (χ1) is 10.3. The minimum Gasteiger partial charge on any atom is -0.342 e. The van der Waals surface area contributed by atoms with Crippen LogP contribution in [0.5, 0.6) is 0 Å². The molecule has 1 fully saturated rings. The fourth-order valence-electron chi connectivity index (χ4n) is 2.50. The number of carbonyl (C=O) groups excluding carboxylic acids is 1.